The molecule has 2 heterocycles. The second-order valence-electron chi connectivity index (χ2n) is 4.06. The van der Waals surface area contributed by atoms with Crippen LogP contribution in [0.25, 0.3) is 0 Å². The summed E-state index contributed by atoms with van der Waals surface area (Å²) in [5.41, 5.74) is 5.85. The first-order valence-corrected chi connectivity index (χ1v) is 6.30. The fourth-order valence-corrected chi connectivity index (χ4v) is 2.56. The number of halogens is 1. The Morgan fingerprint density at radius 3 is 3.06 bits per heavy atom. The zero-order valence-electron chi connectivity index (χ0n) is 9.36. The van der Waals surface area contributed by atoms with Crippen LogP contribution in [0.15, 0.2) is 21.2 Å². The van der Waals surface area contributed by atoms with Crippen molar-refractivity contribution in [3.63, 3.8) is 0 Å². The third kappa shape index (κ3) is 2.48. The Bertz CT molecular complexity index is 342. The molecule has 0 amide bonds. The lowest BCUT2D eigenvalue weighted by atomic mass is 10.1. The summed E-state index contributed by atoms with van der Waals surface area (Å²) < 4.78 is 12.0. The molecule has 1 aliphatic heterocycles. The molecule has 0 aliphatic carbocycles. The van der Waals surface area contributed by atoms with Crippen molar-refractivity contribution in [1.29, 1.82) is 0 Å². The van der Waals surface area contributed by atoms with Crippen LogP contribution < -0.4 is 5.73 Å². The van der Waals surface area contributed by atoms with Gasteiger partial charge in [-0.2, -0.15) is 0 Å². The Hall–Kier alpha value is -0.360. The van der Waals surface area contributed by atoms with E-state index < -0.39 is 0 Å². The summed E-state index contributed by atoms with van der Waals surface area (Å²) in [6, 6.07) is 2.04. The lowest BCUT2D eigenvalue weighted by Gasteiger charge is -2.35. The van der Waals surface area contributed by atoms with Gasteiger partial charge in [0.1, 0.15) is 5.76 Å². The monoisotopic (exact) mass is 288 g/mol. The van der Waals surface area contributed by atoms with Gasteiger partial charge in [-0.15, -0.1) is 0 Å². The van der Waals surface area contributed by atoms with E-state index in [1.807, 2.05) is 6.07 Å². The van der Waals surface area contributed by atoms with Crippen LogP contribution in [0.2, 0.25) is 0 Å². The highest BCUT2D eigenvalue weighted by molar-refractivity contribution is 9.10. The summed E-state index contributed by atoms with van der Waals surface area (Å²) in [6.45, 7) is 5.19. The second kappa shape index (κ2) is 5.31. The predicted octanol–water partition coefficient (Wildman–Crippen LogP) is 1.76. The first-order chi connectivity index (χ1) is 7.72. The molecule has 1 aliphatic rings. The molecule has 2 atom stereocenters. The fourth-order valence-electron chi connectivity index (χ4n) is 2.09. The number of furan rings is 1. The first-order valence-electron chi connectivity index (χ1n) is 5.51. The minimum atomic E-state index is 0.135. The summed E-state index contributed by atoms with van der Waals surface area (Å²) in [5, 5.41) is 0. The molecule has 1 fully saturated rings. The molecular formula is C11H17BrN2O2. The Labute approximate surface area is 104 Å². The van der Waals surface area contributed by atoms with Crippen LogP contribution in [-0.4, -0.2) is 37.2 Å². The Morgan fingerprint density at radius 1 is 1.69 bits per heavy atom. The number of nitrogens with two attached hydrogens (primary N) is 1. The smallest absolute Gasteiger partial charge is 0.136 e. The van der Waals surface area contributed by atoms with Crippen molar-refractivity contribution in [2.75, 3.05) is 26.2 Å². The number of hydrogen-bond donors (Lipinski definition) is 1. The van der Waals surface area contributed by atoms with Gasteiger partial charge >= 0.3 is 0 Å². The van der Waals surface area contributed by atoms with Gasteiger partial charge in [0.15, 0.2) is 0 Å². The molecule has 2 N–H and O–H groups in total. The standard InChI is InChI=1S/C11H17BrN2O2/c1-8-7-14(3-5-15-8)10(6-13)11-9(12)2-4-16-11/h2,4,8,10H,3,5-7,13H2,1H3. The molecule has 4 nitrogen and oxygen atoms in total. The van der Waals surface area contributed by atoms with E-state index in [4.69, 9.17) is 14.9 Å². The molecular weight excluding hydrogens is 272 g/mol. The van der Waals surface area contributed by atoms with Gasteiger partial charge in [-0.25, -0.2) is 0 Å². The molecule has 0 aromatic carbocycles. The average molecular weight is 289 g/mol. The minimum Gasteiger partial charge on any atom is -0.466 e. The van der Waals surface area contributed by atoms with Crippen molar-refractivity contribution in [1.82, 2.24) is 4.90 Å². The number of hydrogen-bond acceptors (Lipinski definition) is 4. The van der Waals surface area contributed by atoms with Crippen molar-refractivity contribution in [3.05, 3.63) is 22.6 Å². The largest absolute Gasteiger partial charge is 0.466 e. The zero-order valence-corrected chi connectivity index (χ0v) is 10.9. The highest BCUT2D eigenvalue weighted by Crippen LogP contribution is 2.29. The number of ether oxygens (including phenoxy) is 1. The van der Waals surface area contributed by atoms with Crippen LogP contribution in [-0.2, 0) is 4.74 Å². The molecule has 0 spiro atoms. The molecule has 16 heavy (non-hydrogen) atoms. The van der Waals surface area contributed by atoms with Crippen molar-refractivity contribution in [2.24, 2.45) is 5.73 Å². The highest BCUT2D eigenvalue weighted by atomic mass is 79.9. The third-order valence-electron chi connectivity index (χ3n) is 2.88. The Balaban J connectivity index is 2.13. The van der Waals surface area contributed by atoms with Crippen molar-refractivity contribution < 1.29 is 9.15 Å². The van der Waals surface area contributed by atoms with E-state index >= 15 is 0 Å². The van der Waals surface area contributed by atoms with E-state index in [1.165, 1.54) is 0 Å². The van der Waals surface area contributed by atoms with Crippen LogP contribution in [0, 0.1) is 0 Å². The van der Waals surface area contributed by atoms with Gasteiger partial charge in [0.2, 0.25) is 0 Å². The van der Waals surface area contributed by atoms with E-state index in [9.17, 15) is 0 Å². The predicted molar refractivity (Wildman–Crippen MR) is 65.2 cm³/mol. The van der Waals surface area contributed by atoms with Crippen LogP contribution in [0.4, 0.5) is 0 Å². The SMILES string of the molecule is CC1CN(C(CN)c2occc2Br)CCO1. The van der Waals surface area contributed by atoms with Gasteiger partial charge in [0.25, 0.3) is 0 Å². The van der Waals surface area contributed by atoms with E-state index in [0.717, 1.165) is 29.9 Å². The number of morpholine rings is 1. The van der Waals surface area contributed by atoms with Crippen molar-refractivity contribution in [3.8, 4) is 0 Å². The van der Waals surface area contributed by atoms with Crippen LogP contribution >= 0.6 is 15.9 Å². The second-order valence-corrected chi connectivity index (χ2v) is 4.91. The summed E-state index contributed by atoms with van der Waals surface area (Å²) in [7, 11) is 0. The molecule has 0 bridgehead atoms. The molecule has 1 aromatic rings. The summed E-state index contributed by atoms with van der Waals surface area (Å²) in [4.78, 5) is 2.32. The van der Waals surface area contributed by atoms with E-state index in [1.54, 1.807) is 6.26 Å². The lowest BCUT2D eigenvalue weighted by molar-refractivity contribution is -0.0362. The van der Waals surface area contributed by atoms with Crippen LogP contribution in [0.5, 0.6) is 0 Å². The fraction of sp³-hybridized carbons (Fsp3) is 0.636. The molecule has 0 saturated carbocycles. The van der Waals surface area contributed by atoms with Gasteiger partial charge in [-0.05, 0) is 28.9 Å². The van der Waals surface area contributed by atoms with Crippen LogP contribution in [0.3, 0.4) is 0 Å². The van der Waals surface area contributed by atoms with Crippen molar-refractivity contribution >= 4 is 15.9 Å². The zero-order chi connectivity index (χ0) is 11.5. The molecule has 2 unspecified atom stereocenters. The van der Waals surface area contributed by atoms with Gasteiger partial charge in [0, 0.05) is 19.6 Å². The molecule has 0 radical (unpaired) electrons. The maximum absolute atomic E-state index is 5.85. The van der Waals surface area contributed by atoms with E-state index in [-0.39, 0.29) is 12.1 Å². The quantitative estimate of drug-likeness (QED) is 0.921. The van der Waals surface area contributed by atoms with Crippen molar-refractivity contribution in [2.45, 2.75) is 19.1 Å². The summed E-state index contributed by atoms with van der Waals surface area (Å²) in [5.74, 6) is 0.914. The van der Waals surface area contributed by atoms with Gasteiger partial charge in [-0.1, -0.05) is 0 Å². The minimum absolute atomic E-state index is 0.135. The average Bonchev–Trinajstić information content (AvgIpc) is 2.67. The topological polar surface area (TPSA) is 51.6 Å². The highest BCUT2D eigenvalue weighted by Gasteiger charge is 2.27. The molecule has 2 rings (SSSR count). The summed E-state index contributed by atoms with van der Waals surface area (Å²) >= 11 is 3.48. The number of nitrogens with zero attached hydrogens (tertiary/aromatic N) is 1. The molecule has 1 aromatic heterocycles. The number of rotatable bonds is 3. The van der Waals surface area contributed by atoms with E-state index in [2.05, 4.69) is 27.8 Å². The first kappa shape index (κ1) is 12.1. The van der Waals surface area contributed by atoms with E-state index in [0.29, 0.717) is 6.54 Å². The maximum atomic E-state index is 5.85. The third-order valence-corrected chi connectivity index (χ3v) is 3.54. The van der Waals surface area contributed by atoms with Gasteiger partial charge < -0.3 is 14.9 Å². The Morgan fingerprint density at radius 2 is 2.50 bits per heavy atom. The molecule has 1 saturated heterocycles. The Kier molecular flexibility index (Phi) is 4.02. The van der Waals surface area contributed by atoms with Crippen LogP contribution in [0.1, 0.15) is 18.7 Å². The summed E-state index contributed by atoms with van der Waals surface area (Å²) in [6.07, 6.45) is 1.95. The van der Waals surface area contributed by atoms with Gasteiger partial charge in [0.05, 0.1) is 29.5 Å². The van der Waals surface area contributed by atoms with Gasteiger partial charge in [-0.3, -0.25) is 4.90 Å². The lowest BCUT2D eigenvalue weighted by Crippen LogP contribution is -2.45. The molecule has 90 valence electrons. The maximum Gasteiger partial charge on any atom is 0.136 e. The normalized spacial score (nSPS) is 24.6. The molecule has 5 heteroatoms.